The van der Waals surface area contributed by atoms with E-state index in [0.717, 1.165) is 12.8 Å². The molecular weight excluding hydrogens is 260 g/mol. The molecular formula is C18H32N2O. The number of rotatable bonds is 7. The van der Waals surface area contributed by atoms with Gasteiger partial charge in [-0.25, -0.2) is 0 Å². The van der Waals surface area contributed by atoms with Crippen LogP contribution in [0.3, 0.4) is 0 Å². The van der Waals surface area contributed by atoms with Gasteiger partial charge in [-0.3, -0.25) is 11.3 Å². The summed E-state index contributed by atoms with van der Waals surface area (Å²) in [5, 5.41) is 0. The SMILES string of the molecule is CCOC(C)(CC)C(Cc1ccc(C(C)(C)C)cc1)NN. The van der Waals surface area contributed by atoms with Crippen molar-refractivity contribution < 1.29 is 4.74 Å². The molecule has 0 amide bonds. The van der Waals surface area contributed by atoms with E-state index in [-0.39, 0.29) is 17.1 Å². The van der Waals surface area contributed by atoms with Gasteiger partial charge in [-0.2, -0.15) is 0 Å². The Kier molecular flexibility index (Phi) is 6.39. The van der Waals surface area contributed by atoms with Gasteiger partial charge in [-0.15, -0.1) is 0 Å². The molecule has 0 radical (unpaired) electrons. The normalized spacial score (nSPS) is 16.5. The predicted octanol–water partition coefficient (Wildman–Crippen LogP) is 3.56. The van der Waals surface area contributed by atoms with Crippen molar-refractivity contribution in [3.63, 3.8) is 0 Å². The second kappa shape index (κ2) is 7.39. The fraction of sp³-hybridized carbons (Fsp3) is 0.667. The minimum atomic E-state index is -0.244. The fourth-order valence-electron chi connectivity index (χ4n) is 2.61. The molecule has 120 valence electrons. The van der Waals surface area contributed by atoms with Gasteiger partial charge >= 0.3 is 0 Å². The molecule has 0 aromatic heterocycles. The number of ether oxygens (including phenoxy) is 1. The van der Waals surface area contributed by atoms with E-state index in [2.05, 4.69) is 64.3 Å². The van der Waals surface area contributed by atoms with E-state index >= 15 is 0 Å². The molecule has 0 bridgehead atoms. The van der Waals surface area contributed by atoms with Gasteiger partial charge in [0.25, 0.3) is 0 Å². The molecule has 3 N–H and O–H groups in total. The van der Waals surface area contributed by atoms with Crippen molar-refractivity contribution >= 4 is 0 Å². The van der Waals surface area contributed by atoms with Crippen molar-refractivity contribution in [3.05, 3.63) is 35.4 Å². The molecule has 0 saturated heterocycles. The summed E-state index contributed by atoms with van der Waals surface area (Å²) < 4.78 is 5.94. The molecule has 3 nitrogen and oxygen atoms in total. The van der Waals surface area contributed by atoms with Crippen LogP contribution in [0.4, 0.5) is 0 Å². The Morgan fingerprint density at radius 3 is 2.05 bits per heavy atom. The van der Waals surface area contributed by atoms with Crippen molar-refractivity contribution in [1.29, 1.82) is 0 Å². The molecule has 0 heterocycles. The van der Waals surface area contributed by atoms with Crippen LogP contribution < -0.4 is 11.3 Å². The van der Waals surface area contributed by atoms with Crippen LogP contribution in [0.5, 0.6) is 0 Å². The number of nitrogens with two attached hydrogens (primary N) is 1. The van der Waals surface area contributed by atoms with Crippen LogP contribution in [0, 0.1) is 0 Å². The minimum Gasteiger partial charge on any atom is -0.374 e. The summed E-state index contributed by atoms with van der Waals surface area (Å²) in [6.07, 6.45) is 1.79. The summed E-state index contributed by atoms with van der Waals surface area (Å²) in [6, 6.07) is 8.93. The third-order valence-corrected chi connectivity index (χ3v) is 4.37. The fourth-order valence-corrected chi connectivity index (χ4v) is 2.61. The van der Waals surface area contributed by atoms with Gasteiger partial charge in [0.15, 0.2) is 0 Å². The largest absolute Gasteiger partial charge is 0.374 e. The molecule has 1 rings (SSSR count). The second-order valence-electron chi connectivity index (χ2n) is 6.97. The zero-order chi connectivity index (χ0) is 16.1. The van der Waals surface area contributed by atoms with Gasteiger partial charge in [0.05, 0.1) is 11.6 Å². The van der Waals surface area contributed by atoms with Crippen molar-refractivity contribution in [2.45, 2.75) is 71.4 Å². The lowest BCUT2D eigenvalue weighted by atomic mass is 9.85. The molecule has 1 aromatic carbocycles. The average molecular weight is 292 g/mol. The molecule has 0 saturated carbocycles. The smallest absolute Gasteiger partial charge is 0.0820 e. The van der Waals surface area contributed by atoms with Crippen LogP contribution in [0.25, 0.3) is 0 Å². The molecule has 0 spiro atoms. The number of hydrogen-bond acceptors (Lipinski definition) is 3. The van der Waals surface area contributed by atoms with Crippen LogP contribution in [-0.2, 0) is 16.6 Å². The quantitative estimate of drug-likeness (QED) is 0.596. The van der Waals surface area contributed by atoms with Crippen LogP contribution >= 0.6 is 0 Å². The lowest BCUT2D eigenvalue weighted by molar-refractivity contribution is -0.0550. The van der Waals surface area contributed by atoms with E-state index in [1.165, 1.54) is 11.1 Å². The molecule has 21 heavy (non-hydrogen) atoms. The van der Waals surface area contributed by atoms with Crippen LogP contribution in [0.15, 0.2) is 24.3 Å². The third-order valence-electron chi connectivity index (χ3n) is 4.37. The van der Waals surface area contributed by atoms with Crippen molar-refractivity contribution in [3.8, 4) is 0 Å². The molecule has 1 aromatic rings. The van der Waals surface area contributed by atoms with Crippen LogP contribution in [-0.4, -0.2) is 18.2 Å². The lowest BCUT2D eigenvalue weighted by Gasteiger charge is -2.36. The highest BCUT2D eigenvalue weighted by Crippen LogP contribution is 2.25. The Balaban J connectivity index is 2.87. The first kappa shape index (κ1) is 18.1. The Morgan fingerprint density at radius 2 is 1.67 bits per heavy atom. The molecule has 0 aliphatic heterocycles. The first-order chi connectivity index (χ1) is 9.76. The highest BCUT2D eigenvalue weighted by molar-refractivity contribution is 5.28. The van der Waals surface area contributed by atoms with Crippen LogP contribution in [0.2, 0.25) is 0 Å². The molecule has 2 unspecified atom stereocenters. The first-order valence-corrected chi connectivity index (χ1v) is 7.96. The standard InChI is InChI=1S/C18H32N2O/c1-7-18(6,21-8-2)16(20-19)13-14-9-11-15(12-10-14)17(3,4)5/h9-12,16,20H,7-8,13,19H2,1-6H3. The summed E-state index contributed by atoms with van der Waals surface area (Å²) >= 11 is 0. The van der Waals surface area contributed by atoms with Crippen molar-refractivity contribution in [1.82, 2.24) is 5.43 Å². The van der Waals surface area contributed by atoms with Gasteiger partial charge < -0.3 is 4.74 Å². The number of hydrazine groups is 1. The number of benzene rings is 1. The second-order valence-corrected chi connectivity index (χ2v) is 6.97. The van der Waals surface area contributed by atoms with Gasteiger partial charge in [0, 0.05) is 6.61 Å². The monoisotopic (exact) mass is 292 g/mol. The third kappa shape index (κ3) is 4.80. The predicted molar refractivity (Wildman–Crippen MR) is 90.3 cm³/mol. The highest BCUT2D eigenvalue weighted by Gasteiger charge is 2.32. The molecule has 3 heteroatoms. The Labute approximate surface area is 130 Å². The maximum absolute atomic E-state index is 5.94. The molecule has 0 aliphatic carbocycles. The topological polar surface area (TPSA) is 47.3 Å². The van der Waals surface area contributed by atoms with Gasteiger partial charge in [-0.1, -0.05) is 52.0 Å². The van der Waals surface area contributed by atoms with Crippen molar-refractivity contribution in [2.75, 3.05) is 6.61 Å². The summed E-state index contributed by atoms with van der Waals surface area (Å²) in [6.45, 7) is 13.7. The molecule has 0 aliphatic rings. The summed E-state index contributed by atoms with van der Waals surface area (Å²) in [5.41, 5.74) is 5.53. The van der Waals surface area contributed by atoms with E-state index in [1.807, 2.05) is 6.92 Å². The van der Waals surface area contributed by atoms with Crippen LogP contribution in [0.1, 0.15) is 59.1 Å². The van der Waals surface area contributed by atoms with E-state index in [0.29, 0.717) is 6.61 Å². The average Bonchev–Trinajstić information content (AvgIpc) is 2.44. The number of nitrogens with one attached hydrogen (secondary N) is 1. The zero-order valence-electron chi connectivity index (χ0n) is 14.5. The lowest BCUT2D eigenvalue weighted by Crippen LogP contribution is -2.54. The number of hydrogen-bond donors (Lipinski definition) is 2. The van der Waals surface area contributed by atoms with E-state index in [4.69, 9.17) is 10.6 Å². The summed E-state index contributed by atoms with van der Waals surface area (Å²) in [7, 11) is 0. The Morgan fingerprint density at radius 1 is 1.10 bits per heavy atom. The maximum Gasteiger partial charge on any atom is 0.0820 e. The Bertz CT molecular complexity index is 422. The van der Waals surface area contributed by atoms with Gasteiger partial charge in [-0.05, 0) is 43.2 Å². The maximum atomic E-state index is 5.94. The van der Waals surface area contributed by atoms with Gasteiger partial charge in [0.1, 0.15) is 0 Å². The van der Waals surface area contributed by atoms with Crippen molar-refractivity contribution in [2.24, 2.45) is 5.84 Å². The highest BCUT2D eigenvalue weighted by atomic mass is 16.5. The summed E-state index contributed by atoms with van der Waals surface area (Å²) in [4.78, 5) is 0. The Hall–Kier alpha value is -0.900. The summed E-state index contributed by atoms with van der Waals surface area (Å²) in [5.74, 6) is 5.78. The first-order valence-electron chi connectivity index (χ1n) is 7.96. The minimum absolute atomic E-state index is 0.0999. The molecule has 0 fully saturated rings. The van der Waals surface area contributed by atoms with E-state index in [9.17, 15) is 0 Å². The van der Waals surface area contributed by atoms with E-state index in [1.54, 1.807) is 0 Å². The zero-order valence-corrected chi connectivity index (χ0v) is 14.5. The molecule has 2 atom stereocenters. The van der Waals surface area contributed by atoms with E-state index < -0.39 is 0 Å². The van der Waals surface area contributed by atoms with Gasteiger partial charge in [0.2, 0.25) is 0 Å².